The molecule has 3 heterocycles. The predicted octanol–water partition coefficient (Wildman–Crippen LogP) is 6.01. The van der Waals surface area contributed by atoms with Gasteiger partial charge in [0.15, 0.2) is 6.23 Å². The normalized spacial score (nSPS) is 22.9. The third kappa shape index (κ3) is 9.02. The fraction of sp³-hybridized carbons (Fsp3) is 0.815. The maximum absolute atomic E-state index is 14.4. The van der Waals surface area contributed by atoms with Gasteiger partial charge in [-0.25, -0.2) is 9.59 Å². The Morgan fingerprint density at radius 3 is 2.16 bits per heavy atom. The van der Waals surface area contributed by atoms with Crippen molar-refractivity contribution in [2.45, 2.75) is 121 Å². The van der Waals surface area contributed by atoms with Gasteiger partial charge in [-0.05, 0) is 6.42 Å². The Labute approximate surface area is 219 Å². The molecule has 0 saturated carbocycles. The summed E-state index contributed by atoms with van der Waals surface area (Å²) in [6.07, 6.45) is 16.5. The predicted molar refractivity (Wildman–Crippen MR) is 136 cm³/mol. The highest BCUT2D eigenvalue weighted by molar-refractivity contribution is 5.79. The van der Waals surface area contributed by atoms with Crippen molar-refractivity contribution < 1.29 is 32.7 Å². The van der Waals surface area contributed by atoms with Crippen molar-refractivity contribution in [3.8, 4) is 0 Å². The average molecular weight is 528 g/mol. The van der Waals surface area contributed by atoms with Crippen molar-refractivity contribution >= 4 is 18.2 Å². The molecule has 0 radical (unpaired) electrons. The summed E-state index contributed by atoms with van der Waals surface area (Å²) in [7, 11) is 0. The van der Waals surface area contributed by atoms with Crippen molar-refractivity contribution in [3.63, 3.8) is 0 Å². The molecule has 2 amide bonds. The molecule has 37 heavy (non-hydrogen) atoms. The Balaban J connectivity index is 1.22. The number of ether oxygens (including phenoxy) is 2. The number of hydrogen-bond acceptors (Lipinski definition) is 6. The van der Waals surface area contributed by atoms with Gasteiger partial charge in [0, 0.05) is 12.8 Å². The van der Waals surface area contributed by atoms with Gasteiger partial charge in [-0.1, -0.05) is 103 Å². The van der Waals surface area contributed by atoms with Crippen molar-refractivity contribution in [2.24, 2.45) is 4.99 Å². The van der Waals surface area contributed by atoms with Crippen molar-refractivity contribution in [1.82, 2.24) is 9.96 Å². The van der Waals surface area contributed by atoms with E-state index in [-0.39, 0.29) is 13.2 Å². The van der Waals surface area contributed by atoms with E-state index < -0.39 is 36.4 Å². The highest BCUT2D eigenvalue weighted by atomic mass is 19.3. The van der Waals surface area contributed by atoms with Crippen LogP contribution in [0.25, 0.3) is 0 Å². The SMILES string of the molecule is CCCCCCCCCCCCCCCCOC(=O)C(F)(F)ON1C(=O)N2CC1C=CC2C1N=CCO1. The first-order valence-corrected chi connectivity index (χ1v) is 14.1. The molecule has 3 atom stereocenters. The molecule has 3 aliphatic rings. The quantitative estimate of drug-likeness (QED) is 0.117. The van der Waals surface area contributed by atoms with Gasteiger partial charge in [0.2, 0.25) is 0 Å². The van der Waals surface area contributed by atoms with Crippen molar-refractivity contribution in [2.75, 3.05) is 19.8 Å². The highest BCUT2D eigenvalue weighted by Gasteiger charge is 2.53. The summed E-state index contributed by atoms with van der Waals surface area (Å²) in [6.45, 7) is 2.63. The Kier molecular flexibility index (Phi) is 12.2. The van der Waals surface area contributed by atoms with E-state index in [1.807, 2.05) is 0 Å². The molecule has 1 saturated heterocycles. The van der Waals surface area contributed by atoms with Crippen LogP contribution in [0, 0.1) is 0 Å². The molecule has 0 N–H and O–H groups in total. The molecule has 3 aliphatic heterocycles. The van der Waals surface area contributed by atoms with Crippen molar-refractivity contribution in [1.29, 1.82) is 0 Å². The van der Waals surface area contributed by atoms with Crippen LogP contribution in [0.2, 0.25) is 0 Å². The van der Waals surface area contributed by atoms with Gasteiger partial charge in [-0.15, -0.1) is 0 Å². The van der Waals surface area contributed by atoms with E-state index in [1.54, 1.807) is 18.4 Å². The monoisotopic (exact) mass is 527 g/mol. The van der Waals surface area contributed by atoms with Crippen molar-refractivity contribution in [3.05, 3.63) is 12.2 Å². The van der Waals surface area contributed by atoms with Gasteiger partial charge in [0.05, 0.1) is 25.3 Å². The molecular formula is C27H43F2N3O5. The first kappa shape index (κ1) is 29.5. The number of hydrogen-bond donors (Lipinski definition) is 0. The number of aliphatic imine (C=N–C) groups is 1. The van der Waals surface area contributed by atoms with Crippen LogP contribution in [0.1, 0.15) is 96.8 Å². The Bertz CT molecular complexity index is 779. The van der Waals surface area contributed by atoms with E-state index >= 15 is 0 Å². The van der Waals surface area contributed by atoms with Crippen LogP contribution in [0.3, 0.4) is 0 Å². The zero-order valence-electron chi connectivity index (χ0n) is 22.1. The molecule has 1 fully saturated rings. The summed E-state index contributed by atoms with van der Waals surface area (Å²) in [4.78, 5) is 34.7. The van der Waals surface area contributed by atoms with E-state index in [0.717, 1.165) is 19.3 Å². The first-order chi connectivity index (χ1) is 17.9. The van der Waals surface area contributed by atoms with Crippen LogP contribution in [0.5, 0.6) is 0 Å². The van der Waals surface area contributed by atoms with Gasteiger partial charge < -0.3 is 14.4 Å². The minimum atomic E-state index is -4.25. The molecule has 0 aliphatic carbocycles. The number of carbonyl (C=O) groups excluding carboxylic acids is 2. The molecule has 10 heteroatoms. The number of carbonyl (C=O) groups is 2. The topological polar surface area (TPSA) is 80.7 Å². The number of rotatable bonds is 19. The zero-order valence-corrected chi connectivity index (χ0v) is 22.1. The van der Waals surface area contributed by atoms with Gasteiger partial charge in [0.25, 0.3) is 0 Å². The van der Waals surface area contributed by atoms with E-state index in [0.29, 0.717) is 18.1 Å². The number of urea groups is 1. The minimum absolute atomic E-state index is 0.0989. The molecule has 0 aromatic rings. The standard InChI is InChI=1S/C27H43F2N3O5/c1-2-3-4-5-6-7-8-9-10-11-12-13-14-15-19-36-25(33)27(28,29)37-32-22-16-17-23(24-30-18-20-35-24)31(21-22)26(32)34/h16-18,22-24H,2-15,19-21H2,1H3. The fourth-order valence-corrected chi connectivity index (χ4v) is 4.94. The number of amides is 2. The third-order valence-electron chi connectivity index (χ3n) is 7.08. The number of alkyl halides is 2. The molecule has 0 aromatic heterocycles. The number of hydroxylamine groups is 2. The summed E-state index contributed by atoms with van der Waals surface area (Å²) >= 11 is 0. The molecule has 0 spiro atoms. The average Bonchev–Trinajstić information content (AvgIpc) is 3.50. The van der Waals surface area contributed by atoms with Crippen LogP contribution in [-0.2, 0) is 19.1 Å². The van der Waals surface area contributed by atoms with Crippen LogP contribution in [0.4, 0.5) is 13.6 Å². The molecule has 210 valence electrons. The third-order valence-corrected chi connectivity index (χ3v) is 7.08. The maximum atomic E-state index is 14.4. The summed E-state index contributed by atoms with van der Waals surface area (Å²) in [5.41, 5.74) is 0. The smallest absolute Gasteiger partial charge is 0.459 e. The molecule has 0 aromatic carbocycles. The van der Waals surface area contributed by atoms with E-state index in [1.165, 1.54) is 69.1 Å². The van der Waals surface area contributed by atoms with Crippen LogP contribution in [-0.4, -0.2) is 72.4 Å². The Morgan fingerprint density at radius 2 is 1.59 bits per heavy atom. The van der Waals surface area contributed by atoms with E-state index in [2.05, 4.69) is 16.8 Å². The summed E-state index contributed by atoms with van der Waals surface area (Å²) in [5, 5.41) is 0.545. The number of unbranched alkanes of at least 4 members (excludes halogenated alkanes) is 13. The molecule has 2 bridgehead atoms. The summed E-state index contributed by atoms with van der Waals surface area (Å²) in [6, 6.07) is -1.99. The van der Waals surface area contributed by atoms with Gasteiger partial charge >= 0.3 is 18.1 Å². The second kappa shape index (κ2) is 15.4. The molecule has 3 rings (SSSR count). The van der Waals surface area contributed by atoms with E-state index in [4.69, 9.17) is 9.47 Å². The summed E-state index contributed by atoms with van der Waals surface area (Å²) < 4.78 is 39.0. The number of halogens is 2. The summed E-state index contributed by atoms with van der Waals surface area (Å²) in [5.74, 6) is -1.78. The fourth-order valence-electron chi connectivity index (χ4n) is 4.94. The lowest BCUT2D eigenvalue weighted by Crippen LogP contribution is -2.46. The Morgan fingerprint density at radius 1 is 1.00 bits per heavy atom. The number of fused-ring (bicyclic) bond motifs is 2. The first-order valence-electron chi connectivity index (χ1n) is 14.1. The lowest BCUT2D eigenvalue weighted by molar-refractivity contribution is -0.326. The largest absolute Gasteiger partial charge is 0.477 e. The molecule has 3 unspecified atom stereocenters. The second-order valence-electron chi connectivity index (χ2n) is 10.1. The van der Waals surface area contributed by atoms with Gasteiger partial charge in [-0.2, -0.15) is 18.7 Å². The number of esters is 1. The van der Waals surface area contributed by atoms with Gasteiger partial charge in [0.1, 0.15) is 0 Å². The lowest BCUT2D eigenvalue weighted by Gasteiger charge is -2.28. The number of nitrogens with zero attached hydrogens (tertiary/aromatic N) is 3. The van der Waals surface area contributed by atoms with Gasteiger partial charge in [-0.3, -0.25) is 4.99 Å². The van der Waals surface area contributed by atoms with Crippen LogP contribution >= 0.6 is 0 Å². The van der Waals surface area contributed by atoms with Crippen LogP contribution in [0.15, 0.2) is 17.1 Å². The van der Waals surface area contributed by atoms with E-state index in [9.17, 15) is 18.4 Å². The molecular weight excluding hydrogens is 484 g/mol. The highest BCUT2D eigenvalue weighted by Crippen LogP contribution is 2.32. The zero-order chi connectivity index (χ0) is 26.5. The molecule has 8 nitrogen and oxygen atoms in total. The Hall–Kier alpha value is -2.07. The maximum Gasteiger partial charge on any atom is 0.477 e. The second-order valence-corrected chi connectivity index (χ2v) is 10.1. The minimum Gasteiger partial charge on any atom is -0.459 e. The van der Waals surface area contributed by atoms with Crippen LogP contribution < -0.4 is 0 Å². The lowest BCUT2D eigenvalue weighted by atomic mass is 10.0.